The third-order valence-corrected chi connectivity index (χ3v) is 4.66. The summed E-state index contributed by atoms with van der Waals surface area (Å²) >= 11 is 0. The first kappa shape index (κ1) is 16.4. The van der Waals surface area contributed by atoms with Crippen molar-refractivity contribution in [1.29, 1.82) is 0 Å². The van der Waals surface area contributed by atoms with Gasteiger partial charge in [0.1, 0.15) is 5.71 Å². The summed E-state index contributed by atoms with van der Waals surface area (Å²) in [6.45, 7) is 4.38. The molecule has 1 aliphatic heterocycles. The maximum absolute atomic E-state index is 13.1. The lowest BCUT2D eigenvalue weighted by atomic mass is 9.99. The molecule has 0 bridgehead atoms. The lowest BCUT2D eigenvalue weighted by Crippen LogP contribution is -2.41. The van der Waals surface area contributed by atoms with E-state index in [4.69, 9.17) is 5.10 Å². The molecular weight excluding hydrogens is 296 g/mol. The Labute approximate surface area is 144 Å². The van der Waals surface area contributed by atoms with Crippen molar-refractivity contribution in [3.63, 3.8) is 0 Å². The van der Waals surface area contributed by atoms with Crippen LogP contribution in [0.5, 0.6) is 0 Å². The Morgan fingerprint density at radius 2 is 1.38 bits per heavy atom. The number of carbonyl (C=O) groups is 1. The smallest absolute Gasteiger partial charge is 0.213 e. The molecule has 0 aliphatic carbocycles. The van der Waals surface area contributed by atoms with Gasteiger partial charge in [-0.3, -0.25) is 9.80 Å². The van der Waals surface area contributed by atoms with Crippen LogP contribution in [0.1, 0.15) is 49.0 Å². The maximum Gasteiger partial charge on any atom is 0.213 e. The van der Waals surface area contributed by atoms with E-state index in [2.05, 4.69) is 18.9 Å². The first-order valence-corrected chi connectivity index (χ1v) is 8.69. The van der Waals surface area contributed by atoms with Crippen LogP contribution in [0.4, 0.5) is 0 Å². The topological polar surface area (TPSA) is 32.7 Å². The van der Waals surface area contributed by atoms with Gasteiger partial charge in [-0.15, -0.1) is 0 Å². The first-order valence-electron chi connectivity index (χ1n) is 8.69. The fraction of sp³-hybridized carbons (Fsp3) is 0.333. The lowest BCUT2D eigenvalue weighted by Gasteiger charge is -2.37. The highest BCUT2D eigenvalue weighted by Gasteiger charge is 2.26. The molecule has 0 amide bonds. The molecule has 0 aromatic heterocycles. The average Bonchev–Trinajstić information content (AvgIpc) is 2.62. The summed E-state index contributed by atoms with van der Waals surface area (Å²) < 4.78 is 0. The van der Waals surface area contributed by atoms with E-state index >= 15 is 0 Å². The standard InChI is InChI=1S/C21H24N2O/c1-16-10-9-11-17(2)23(16)22-20(18-12-5-3-6-13-18)21(24)19-14-7-4-8-15-19/h3-8,12-17H,9-11H2,1-2H3. The molecular formula is C21H24N2O. The molecule has 0 N–H and O–H groups in total. The summed E-state index contributed by atoms with van der Waals surface area (Å²) in [6, 6.07) is 19.9. The van der Waals surface area contributed by atoms with Crippen molar-refractivity contribution in [3.05, 3.63) is 71.8 Å². The number of Topliss-reactive ketones (excluding diaryl/α,β-unsaturated/α-hetero) is 1. The van der Waals surface area contributed by atoms with Gasteiger partial charge in [0.15, 0.2) is 0 Å². The van der Waals surface area contributed by atoms with Gasteiger partial charge < -0.3 is 0 Å². The van der Waals surface area contributed by atoms with Crippen LogP contribution in [0.3, 0.4) is 0 Å². The summed E-state index contributed by atoms with van der Waals surface area (Å²) in [4.78, 5) is 13.1. The van der Waals surface area contributed by atoms with Gasteiger partial charge in [0, 0.05) is 23.2 Å². The fourth-order valence-electron chi connectivity index (χ4n) is 3.28. The van der Waals surface area contributed by atoms with Gasteiger partial charge >= 0.3 is 0 Å². The van der Waals surface area contributed by atoms with Gasteiger partial charge in [-0.2, -0.15) is 5.10 Å². The van der Waals surface area contributed by atoms with Crippen molar-refractivity contribution in [2.75, 3.05) is 0 Å². The highest BCUT2D eigenvalue weighted by Crippen LogP contribution is 2.24. The summed E-state index contributed by atoms with van der Waals surface area (Å²) in [5.41, 5.74) is 2.08. The zero-order valence-corrected chi connectivity index (χ0v) is 14.4. The molecule has 124 valence electrons. The Morgan fingerprint density at radius 3 is 1.92 bits per heavy atom. The number of hydrogen-bond donors (Lipinski definition) is 0. The number of hydrazone groups is 1. The van der Waals surface area contributed by atoms with Gasteiger partial charge in [0.25, 0.3) is 0 Å². The van der Waals surface area contributed by atoms with Crippen molar-refractivity contribution in [1.82, 2.24) is 5.01 Å². The van der Waals surface area contributed by atoms with E-state index < -0.39 is 0 Å². The molecule has 0 saturated carbocycles. The van der Waals surface area contributed by atoms with Crippen molar-refractivity contribution in [2.45, 2.75) is 45.2 Å². The summed E-state index contributed by atoms with van der Waals surface area (Å²) in [6.07, 6.45) is 3.46. The van der Waals surface area contributed by atoms with Crippen molar-refractivity contribution in [3.8, 4) is 0 Å². The second-order valence-corrected chi connectivity index (χ2v) is 6.52. The molecule has 1 aliphatic rings. The molecule has 3 rings (SSSR count). The van der Waals surface area contributed by atoms with Crippen LogP contribution in [0.15, 0.2) is 65.8 Å². The second kappa shape index (κ2) is 7.43. The van der Waals surface area contributed by atoms with Crippen LogP contribution in [-0.2, 0) is 0 Å². The maximum atomic E-state index is 13.1. The van der Waals surface area contributed by atoms with E-state index in [1.807, 2.05) is 60.7 Å². The Morgan fingerprint density at radius 1 is 0.875 bits per heavy atom. The van der Waals surface area contributed by atoms with Gasteiger partial charge in [0.2, 0.25) is 5.78 Å². The van der Waals surface area contributed by atoms with Crippen molar-refractivity contribution < 1.29 is 4.79 Å². The Hall–Kier alpha value is -2.42. The summed E-state index contributed by atoms with van der Waals surface area (Å²) in [5, 5.41) is 6.96. The van der Waals surface area contributed by atoms with Crippen LogP contribution in [0.2, 0.25) is 0 Å². The molecule has 2 unspecified atom stereocenters. The molecule has 2 aromatic rings. The fourth-order valence-corrected chi connectivity index (χ4v) is 3.28. The predicted octanol–water partition coefficient (Wildman–Crippen LogP) is 4.54. The molecule has 2 aromatic carbocycles. The third kappa shape index (κ3) is 3.56. The minimum atomic E-state index is -0.0215. The number of carbonyl (C=O) groups excluding carboxylic acids is 1. The number of piperidine rings is 1. The van der Waals surface area contributed by atoms with Crippen LogP contribution >= 0.6 is 0 Å². The normalized spacial score (nSPS) is 21.6. The molecule has 2 atom stereocenters. The average molecular weight is 320 g/mol. The van der Waals surface area contributed by atoms with E-state index in [-0.39, 0.29) is 5.78 Å². The molecule has 0 spiro atoms. The third-order valence-electron chi connectivity index (χ3n) is 4.66. The zero-order chi connectivity index (χ0) is 16.9. The second-order valence-electron chi connectivity index (χ2n) is 6.52. The van der Waals surface area contributed by atoms with Crippen molar-refractivity contribution in [2.24, 2.45) is 5.10 Å². The monoisotopic (exact) mass is 320 g/mol. The van der Waals surface area contributed by atoms with Crippen LogP contribution in [0, 0.1) is 0 Å². The minimum absolute atomic E-state index is 0.0215. The molecule has 1 saturated heterocycles. The highest BCUT2D eigenvalue weighted by atomic mass is 16.1. The number of ketones is 1. The largest absolute Gasteiger partial charge is 0.291 e. The Kier molecular flexibility index (Phi) is 5.09. The lowest BCUT2D eigenvalue weighted by molar-refractivity contribution is 0.101. The van der Waals surface area contributed by atoms with Gasteiger partial charge in [-0.1, -0.05) is 60.7 Å². The first-order chi connectivity index (χ1) is 11.7. The van der Waals surface area contributed by atoms with E-state index in [0.29, 0.717) is 23.4 Å². The molecule has 3 heteroatoms. The minimum Gasteiger partial charge on any atom is -0.291 e. The van der Waals surface area contributed by atoms with Crippen LogP contribution in [-0.4, -0.2) is 28.6 Å². The number of benzene rings is 2. The van der Waals surface area contributed by atoms with Crippen LogP contribution in [0.25, 0.3) is 0 Å². The summed E-state index contributed by atoms with van der Waals surface area (Å²) in [7, 11) is 0. The zero-order valence-electron chi connectivity index (χ0n) is 14.4. The Balaban J connectivity index is 2.02. The van der Waals surface area contributed by atoms with Gasteiger partial charge in [-0.25, -0.2) is 0 Å². The highest BCUT2D eigenvalue weighted by molar-refractivity contribution is 6.51. The number of nitrogens with zero attached hydrogens (tertiary/aromatic N) is 2. The van der Waals surface area contributed by atoms with E-state index in [1.54, 1.807) is 0 Å². The van der Waals surface area contributed by atoms with E-state index in [0.717, 1.165) is 18.4 Å². The molecule has 1 fully saturated rings. The van der Waals surface area contributed by atoms with Gasteiger partial charge in [-0.05, 0) is 33.1 Å². The SMILES string of the molecule is CC1CCCC(C)N1N=C(C(=O)c1ccccc1)c1ccccc1. The molecule has 0 radical (unpaired) electrons. The molecule has 3 nitrogen and oxygen atoms in total. The van der Waals surface area contributed by atoms with E-state index in [1.165, 1.54) is 6.42 Å². The molecule has 1 heterocycles. The number of hydrogen-bond acceptors (Lipinski definition) is 3. The number of rotatable bonds is 4. The van der Waals surface area contributed by atoms with E-state index in [9.17, 15) is 4.79 Å². The summed E-state index contributed by atoms with van der Waals surface area (Å²) in [5.74, 6) is -0.0215. The van der Waals surface area contributed by atoms with Crippen LogP contribution < -0.4 is 0 Å². The van der Waals surface area contributed by atoms with Gasteiger partial charge in [0.05, 0.1) is 0 Å². The van der Waals surface area contributed by atoms with Crippen molar-refractivity contribution >= 4 is 11.5 Å². The molecule has 24 heavy (non-hydrogen) atoms. The Bertz CT molecular complexity index is 699. The predicted molar refractivity (Wildman–Crippen MR) is 98.4 cm³/mol. The quantitative estimate of drug-likeness (QED) is 0.612.